The molecule has 0 aliphatic carbocycles. The number of halogens is 1. The van der Waals surface area contributed by atoms with E-state index < -0.39 is 18.5 Å². The molecule has 0 saturated heterocycles. The standard InChI is InChI=1S/C19H14BrNO4/c20-17-6-2-3-14-15(17)4-1-5-16(14)19(24)25-11-18(23)21-12-7-9-13(22)10-8-12/h1-10,22H,11H2,(H,21,23). The zero-order valence-corrected chi connectivity index (χ0v) is 14.6. The van der Waals surface area contributed by atoms with Crippen LogP contribution in [0, 0.1) is 0 Å². The van der Waals surface area contributed by atoms with Crippen molar-refractivity contribution < 1.29 is 19.4 Å². The minimum atomic E-state index is -0.565. The van der Waals surface area contributed by atoms with E-state index in [0.717, 1.165) is 15.2 Å². The zero-order chi connectivity index (χ0) is 17.8. The Kier molecular flexibility index (Phi) is 5.00. The maximum Gasteiger partial charge on any atom is 0.339 e. The second-order valence-electron chi connectivity index (χ2n) is 5.31. The highest BCUT2D eigenvalue weighted by molar-refractivity contribution is 9.10. The van der Waals surface area contributed by atoms with Crippen LogP contribution in [0.4, 0.5) is 5.69 Å². The Balaban J connectivity index is 1.68. The van der Waals surface area contributed by atoms with Gasteiger partial charge in [-0.3, -0.25) is 4.79 Å². The van der Waals surface area contributed by atoms with Crippen LogP contribution in [-0.2, 0) is 9.53 Å². The normalized spacial score (nSPS) is 10.4. The Morgan fingerprint density at radius 1 is 0.960 bits per heavy atom. The maximum atomic E-state index is 12.3. The van der Waals surface area contributed by atoms with Gasteiger partial charge in [0.15, 0.2) is 6.61 Å². The summed E-state index contributed by atoms with van der Waals surface area (Å²) in [6.45, 7) is -0.399. The van der Waals surface area contributed by atoms with E-state index in [1.165, 1.54) is 12.1 Å². The van der Waals surface area contributed by atoms with Crippen LogP contribution in [0.5, 0.6) is 5.75 Å². The molecule has 5 nitrogen and oxygen atoms in total. The van der Waals surface area contributed by atoms with Crippen LogP contribution in [0.1, 0.15) is 10.4 Å². The summed E-state index contributed by atoms with van der Waals surface area (Å²) >= 11 is 3.45. The van der Waals surface area contributed by atoms with Crippen LogP contribution < -0.4 is 5.32 Å². The van der Waals surface area contributed by atoms with Crippen LogP contribution in [0.25, 0.3) is 10.8 Å². The number of phenols is 1. The zero-order valence-electron chi connectivity index (χ0n) is 13.0. The molecule has 0 atom stereocenters. The van der Waals surface area contributed by atoms with Gasteiger partial charge in [-0.1, -0.05) is 40.2 Å². The summed E-state index contributed by atoms with van der Waals surface area (Å²) in [7, 11) is 0. The van der Waals surface area contributed by atoms with E-state index in [-0.39, 0.29) is 5.75 Å². The molecule has 0 spiro atoms. The van der Waals surface area contributed by atoms with E-state index in [0.29, 0.717) is 11.3 Å². The van der Waals surface area contributed by atoms with Gasteiger partial charge in [0, 0.05) is 10.2 Å². The minimum Gasteiger partial charge on any atom is -0.508 e. The number of amides is 1. The summed E-state index contributed by atoms with van der Waals surface area (Å²) in [5, 5.41) is 13.4. The van der Waals surface area contributed by atoms with Crippen LogP contribution in [0.3, 0.4) is 0 Å². The summed E-state index contributed by atoms with van der Waals surface area (Å²) in [6.07, 6.45) is 0. The predicted octanol–water partition coefficient (Wildman–Crippen LogP) is 4.10. The quantitative estimate of drug-likeness (QED) is 0.511. The Hall–Kier alpha value is -2.86. The molecule has 0 radical (unpaired) electrons. The molecule has 0 bridgehead atoms. The fraction of sp³-hybridized carbons (Fsp3) is 0.0526. The second-order valence-corrected chi connectivity index (χ2v) is 6.17. The number of hydrogen-bond donors (Lipinski definition) is 2. The van der Waals surface area contributed by atoms with Crippen LogP contribution >= 0.6 is 15.9 Å². The first-order valence-corrected chi connectivity index (χ1v) is 8.27. The molecule has 0 fully saturated rings. The Morgan fingerprint density at radius 2 is 1.64 bits per heavy atom. The third-order valence-corrected chi connectivity index (χ3v) is 4.27. The van der Waals surface area contributed by atoms with Crippen molar-refractivity contribution in [3.63, 3.8) is 0 Å². The SMILES string of the molecule is O=C(COC(=O)c1cccc2c(Br)cccc12)Nc1ccc(O)cc1. The van der Waals surface area contributed by atoms with Gasteiger partial charge in [0.1, 0.15) is 5.75 Å². The molecule has 3 aromatic carbocycles. The number of nitrogens with one attached hydrogen (secondary N) is 1. The van der Waals surface area contributed by atoms with Gasteiger partial charge in [-0.05, 0) is 47.2 Å². The Morgan fingerprint density at radius 3 is 2.40 bits per heavy atom. The van der Waals surface area contributed by atoms with E-state index in [2.05, 4.69) is 21.2 Å². The molecule has 3 rings (SSSR count). The average molecular weight is 400 g/mol. The van der Waals surface area contributed by atoms with E-state index in [1.807, 2.05) is 24.3 Å². The molecular weight excluding hydrogens is 386 g/mol. The smallest absolute Gasteiger partial charge is 0.339 e. The van der Waals surface area contributed by atoms with Gasteiger partial charge in [-0.25, -0.2) is 4.79 Å². The van der Waals surface area contributed by atoms with Crippen molar-refractivity contribution >= 4 is 44.3 Å². The Labute approximate surface area is 152 Å². The third-order valence-electron chi connectivity index (χ3n) is 3.57. The first kappa shape index (κ1) is 17.0. The molecule has 0 heterocycles. The number of esters is 1. The summed E-state index contributed by atoms with van der Waals surface area (Å²) < 4.78 is 6.00. The summed E-state index contributed by atoms with van der Waals surface area (Å²) in [5.74, 6) is -0.920. The minimum absolute atomic E-state index is 0.103. The van der Waals surface area contributed by atoms with Crippen molar-refractivity contribution in [1.29, 1.82) is 0 Å². The molecular formula is C19H14BrNO4. The van der Waals surface area contributed by atoms with Gasteiger partial charge in [0.2, 0.25) is 0 Å². The van der Waals surface area contributed by atoms with Crippen molar-refractivity contribution in [2.45, 2.75) is 0 Å². The van der Waals surface area contributed by atoms with Gasteiger partial charge in [-0.2, -0.15) is 0 Å². The first-order valence-electron chi connectivity index (χ1n) is 7.48. The lowest BCUT2D eigenvalue weighted by molar-refractivity contribution is -0.119. The van der Waals surface area contributed by atoms with Crippen molar-refractivity contribution in [2.75, 3.05) is 11.9 Å². The van der Waals surface area contributed by atoms with E-state index >= 15 is 0 Å². The number of fused-ring (bicyclic) bond motifs is 1. The lowest BCUT2D eigenvalue weighted by atomic mass is 10.0. The second kappa shape index (κ2) is 7.36. The molecule has 0 aromatic heterocycles. The first-order chi connectivity index (χ1) is 12.0. The van der Waals surface area contributed by atoms with E-state index in [9.17, 15) is 14.7 Å². The monoisotopic (exact) mass is 399 g/mol. The molecule has 0 saturated carbocycles. The number of ether oxygens (including phenoxy) is 1. The lowest BCUT2D eigenvalue weighted by Crippen LogP contribution is -2.21. The highest BCUT2D eigenvalue weighted by Crippen LogP contribution is 2.26. The summed E-state index contributed by atoms with van der Waals surface area (Å²) in [6, 6.07) is 16.9. The molecule has 6 heteroatoms. The fourth-order valence-corrected chi connectivity index (χ4v) is 2.90. The van der Waals surface area contributed by atoms with Crippen molar-refractivity contribution in [3.05, 3.63) is 70.7 Å². The van der Waals surface area contributed by atoms with Gasteiger partial charge >= 0.3 is 5.97 Å². The summed E-state index contributed by atoms with van der Waals surface area (Å²) in [5.41, 5.74) is 0.907. The molecule has 2 N–H and O–H groups in total. The highest BCUT2D eigenvalue weighted by atomic mass is 79.9. The van der Waals surface area contributed by atoms with E-state index in [4.69, 9.17) is 4.74 Å². The third kappa shape index (κ3) is 3.97. The van der Waals surface area contributed by atoms with Crippen molar-refractivity contribution in [2.24, 2.45) is 0 Å². The van der Waals surface area contributed by atoms with E-state index in [1.54, 1.807) is 24.3 Å². The molecule has 0 aliphatic heterocycles. The topological polar surface area (TPSA) is 75.6 Å². The molecule has 0 aliphatic rings. The van der Waals surface area contributed by atoms with Crippen molar-refractivity contribution in [1.82, 2.24) is 0 Å². The number of phenolic OH excluding ortho intramolecular Hbond substituents is 1. The fourth-order valence-electron chi connectivity index (χ4n) is 2.40. The predicted molar refractivity (Wildman–Crippen MR) is 98.7 cm³/mol. The largest absolute Gasteiger partial charge is 0.508 e. The number of rotatable bonds is 4. The molecule has 126 valence electrons. The number of carbonyl (C=O) groups is 2. The number of anilines is 1. The van der Waals surface area contributed by atoms with Gasteiger partial charge < -0.3 is 15.2 Å². The lowest BCUT2D eigenvalue weighted by Gasteiger charge is -2.09. The van der Waals surface area contributed by atoms with Gasteiger partial charge in [-0.15, -0.1) is 0 Å². The number of hydrogen-bond acceptors (Lipinski definition) is 4. The molecule has 3 aromatic rings. The summed E-state index contributed by atoms with van der Waals surface area (Å²) in [4.78, 5) is 24.2. The average Bonchev–Trinajstić information content (AvgIpc) is 2.61. The number of aromatic hydroxyl groups is 1. The van der Waals surface area contributed by atoms with Gasteiger partial charge in [0.25, 0.3) is 5.91 Å². The van der Waals surface area contributed by atoms with Crippen molar-refractivity contribution in [3.8, 4) is 5.75 Å². The van der Waals surface area contributed by atoms with Gasteiger partial charge in [0.05, 0.1) is 5.56 Å². The molecule has 25 heavy (non-hydrogen) atoms. The van der Waals surface area contributed by atoms with Crippen LogP contribution in [0.15, 0.2) is 65.1 Å². The molecule has 1 amide bonds. The highest BCUT2D eigenvalue weighted by Gasteiger charge is 2.14. The van der Waals surface area contributed by atoms with Crippen LogP contribution in [0.2, 0.25) is 0 Å². The molecule has 0 unspecified atom stereocenters. The maximum absolute atomic E-state index is 12.3. The number of carbonyl (C=O) groups excluding carboxylic acids is 2. The number of benzene rings is 3. The Bertz CT molecular complexity index is 938. The van der Waals surface area contributed by atoms with Crippen LogP contribution in [-0.4, -0.2) is 23.6 Å².